The van der Waals surface area contributed by atoms with Crippen LogP contribution in [0.5, 0.6) is 0 Å². The van der Waals surface area contributed by atoms with Gasteiger partial charge in [-0.2, -0.15) is 5.10 Å². The fourth-order valence-corrected chi connectivity index (χ4v) is 4.14. The third-order valence-electron chi connectivity index (χ3n) is 3.93. The van der Waals surface area contributed by atoms with Crippen LogP contribution in [0.2, 0.25) is 5.02 Å². The molecule has 4 aromatic rings. The number of amides is 1. The summed E-state index contributed by atoms with van der Waals surface area (Å²) in [5.74, 6) is -0.303. The van der Waals surface area contributed by atoms with Gasteiger partial charge >= 0.3 is 0 Å². The van der Waals surface area contributed by atoms with Crippen molar-refractivity contribution >= 4 is 55.9 Å². The van der Waals surface area contributed by atoms with E-state index in [1.165, 1.54) is 11.3 Å². The van der Waals surface area contributed by atoms with Crippen molar-refractivity contribution in [3.63, 3.8) is 0 Å². The third kappa shape index (κ3) is 3.02. The van der Waals surface area contributed by atoms with Crippen molar-refractivity contribution in [1.29, 1.82) is 0 Å². The molecule has 122 valence electrons. The van der Waals surface area contributed by atoms with Gasteiger partial charge in [0.1, 0.15) is 4.88 Å². The second-order valence-corrected chi connectivity index (χ2v) is 6.94. The quantitative estimate of drug-likeness (QED) is 0.380. The normalized spacial score (nSPS) is 11.4. The summed E-state index contributed by atoms with van der Waals surface area (Å²) >= 11 is 7.69. The predicted molar refractivity (Wildman–Crippen MR) is 106 cm³/mol. The van der Waals surface area contributed by atoms with E-state index in [1.54, 1.807) is 6.21 Å². The third-order valence-corrected chi connectivity index (χ3v) is 5.61. The summed E-state index contributed by atoms with van der Waals surface area (Å²) < 4.78 is 0.982. The first kappa shape index (κ1) is 15.8. The molecule has 3 aromatic carbocycles. The second kappa shape index (κ2) is 6.67. The number of halogens is 1. The van der Waals surface area contributed by atoms with E-state index in [2.05, 4.69) is 10.5 Å². The van der Waals surface area contributed by atoms with Crippen LogP contribution in [0, 0.1) is 0 Å². The SMILES string of the molecule is O=C(N/N=C/c1cccc2ccccc12)c1sc2ccccc2c1Cl. The lowest BCUT2D eigenvalue weighted by atomic mass is 10.1. The molecule has 25 heavy (non-hydrogen) atoms. The van der Waals surface area contributed by atoms with Crippen molar-refractivity contribution in [3.8, 4) is 0 Å². The molecule has 0 spiro atoms. The minimum Gasteiger partial charge on any atom is -0.266 e. The summed E-state index contributed by atoms with van der Waals surface area (Å²) in [5, 5.41) is 7.68. The van der Waals surface area contributed by atoms with Gasteiger partial charge in [0.05, 0.1) is 11.2 Å². The highest BCUT2D eigenvalue weighted by molar-refractivity contribution is 7.21. The second-order valence-electron chi connectivity index (χ2n) is 5.51. The Labute approximate surface area is 153 Å². The predicted octanol–water partition coefficient (Wildman–Crippen LogP) is 5.47. The zero-order valence-electron chi connectivity index (χ0n) is 13.1. The molecule has 0 aliphatic carbocycles. The van der Waals surface area contributed by atoms with Gasteiger partial charge in [-0.3, -0.25) is 4.79 Å². The molecule has 0 atom stereocenters. The highest BCUT2D eigenvalue weighted by Gasteiger charge is 2.16. The average Bonchev–Trinajstić information content (AvgIpc) is 2.99. The number of hydrogen-bond acceptors (Lipinski definition) is 3. The molecule has 3 nitrogen and oxygen atoms in total. The van der Waals surface area contributed by atoms with Gasteiger partial charge in [-0.1, -0.05) is 72.3 Å². The van der Waals surface area contributed by atoms with Crippen LogP contribution in [0.3, 0.4) is 0 Å². The number of nitrogens with one attached hydrogen (secondary N) is 1. The van der Waals surface area contributed by atoms with Crippen molar-refractivity contribution in [2.24, 2.45) is 5.10 Å². The Morgan fingerprint density at radius 3 is 2.52 bits per heavy atom. The lowest BCUT2D eigenvalue weighted by molar-refractivity contribution is 0.0959. The minimum atomic E-state index is -0.303. The molecule has 0 unspecified atom stereocenters. The smallest absolute Gasteiger partial charge is 0.266 e. The van der Waals surface area contributed by atoms with Crippen molar-refractivity contribution in [2.45, 2.75) is 0 Å². The number of hydrogen-bond donors (Lipinski definition) is 1. The Hall–Kier alpha value is -2.69. The molecule has 1 amide bonds. The molecule has 0 bridgehead atoms. The first-order valence-electron chi connectivity index (χ1n) is 7.72. The number of nitrogens with zero attached hydrogens (tertiary/aromatic N) is 1. The van der Waals surface area contributed by atoms with Crippen molar-refractivity contribution < 1.29 is 4.79 Å². The fourth-order valence-electron chi connectivity index (χ4n) is 2.73. The molecule has 0 fully saturated rings. The Morgan fingerprint density at radius 2 is 1.68 bits per heavy atom. The van der Waals surface area contributed by atoms with E-state index in [9.17, 15) is 4.79 Å². The summed E-state index contributed by atoms with van der Waals surface area (Å²) in [6.07, 6.45) is 1.65. The zero-order chi connectivity index (χ0) is 17.2. The maximum absolute atomic E-state index is 12.4. The van der Waals surface area contributed by atoms with Gasteiger partial charge < -0.3 is 0 Å². The monoisotopic (exact) mass is 364 g/mol. The number of benzene rings is 3. The summed E-state index contributed by atoms with van der Waals surface area (Å²) in [6, 6.07) is 21.7. The fraction of sp³-hybridized carbons (Fsp3) is 0. The molecule has 0 saturated heterocycles. The minimum absolute atomic E-state index is 0.303. The summed E-state index contributed by atoms with van der Waals surface area (Å²) in [5.41, 5.74) is 3.52. The summed E-state index contributed by atoms with van der Waals surface area (Å²) in [4.78, 5) is 12.9. The Bertz CT molecular complexity index is 1110. The van der Waals surface area contributed by atoms with Crippen molar-refractivity contribution in [2.75, 3.05) is 0 Å². The van der Waals surface area contributed by atoms with Crippen molar-refractivity contribution in [3.05, 3.63) is 82.2 Å². The number of thiophene rings is 1. The standard InChI is InChI=1S/C20H13ClN2OS/c21-18-16-10-3-4-11-17(16)25-19(18)20(24)23-22-12-14-8-5-7-13-6-1-2-9-15(13)14/h1-12H,(H,23,24)/b22-12+. The molecule has 1 aromatic heterocycles. The number of fused-ring (bicyclic) bond motifs is 2. The number of rotatable bonds is 3. The zero-order valence-corrected chi connectivity index (χ0v) is 14.6. The number of hydrazone groups is 1. The summed E-state index contributed by atoms with van der Waals surface area (Å²) in [7, 11) is 0. The van der Waals surface area contributed by atoms with Gasteiger partial charge in [0.2, 0.25) is 0 Å². The van der Waals surface area contributed by atoms with Gasteiger partial charge in [0.15, 0.2) is 0 Å². The molecule has 4 rings (SSSR count). The maximum Gasteiger partial charge on any atom is 0.283 e. The Kier molecular flexibility index (Phi) is 4.22. The van der Waals surface area contributed by atoms with Crippen LogP contribution in [0.4, 0.5) is 0 Å². The molecule has 0 aliphatic rings. The van der Waals surface area contributed by atoms with Crippen LogP contribution < -0.4 is 5.43 Å². The van der Waals surface area contributed by atoms with E-state index in [-0.39, 0.29) is 5.91 Å². The molecule has 0 radical (unpaired) electrons. The van der Waals surface area contributed by atoms with Gasteiger partial charge in [-0.05, 0) is 16.8 Å². The lowest BCUT2D eigenvalue weighted by Crippen LogP contribution is -2.16. The van der Waals surface area contributed by atoms with Crippen LogP contribution in [0.25, 0.3) is 20.9 Å². The Balaban J connectivity index is 1.58. The summed E-state index contributed by atoms with van der Waals surface area (Å²) in [6.45, 7) is 0. The molecular weight excluding hydrogens is 352 g/mol. The first-order chi connectivity index (χ1) is 12.2. The van der Waals surface area contributed by atoms with Gasteiger partial charge in [-0.25, -0.2) is 5.43 Å². The van der Waals surface area contributed by atoms with E-state index in [1.807, 2.05) is 66.7 Å². The number of carbonyl (C=O) groups excluding carboxylic acids is 1. The average molecular weight is 365 g/mol. The van der Waals surface area contributed by atoms with Crippen LogP contribution in [-0.4, -0.2) is 12.1 Å². The van der Waals surface area contributed by atoms with E-state index in [0.29, 0.717) is 9.90 Å². The first-order valence-corrected chi connectivity index (χ1v) is 8.92. The largest absolute Gasteiger partial charge is 0.283 e. The molecular formula is C20H13ClN2OS. The molecule has 5 heteroatoms. The lowest BCUT2D eigenvalue weighted by Gasteiger charge is -2.01. The Morgan fingerprint density at radius 1 is 0.960 bits per heavy atom. The topological polar surface area (TPSA) is 41.5 Å². The highest BCUT2D eigenvalue weighted by atomic mass is 35.5. The van der Waals surface area contributed by atoms with Crippen LogP contribution >= 0.6 is 22.9 Å². The van der Waals surface area contributed by atoms with Gasteiger partial charge in [0.25, 0.3) is 5.91 Å². The van der Waals surface area contributed by atoms with E-state index >= 15 is 0 Å². The van der Waals surface area contributed by atoms with Crippen LogP contribution in [-0.2, 0) is 0 Å². The van der Waals surface area contributed by atoms with Gasteiger partial charge in [-0.15, -0.1) is 11.3 Å². The van der Waals surface area contributed by atoms with Crippen molar-refractivity contribution in [1.82, 2.24) is 5.43 Å². The molecule has 1 heterocycles. The molecule has 0 saturated carbocycles. The molecule has 0 aliphatic heterocycles. The van der Waals surface area contributed by atoms with E-state index in [4.69, 9.17) is 11.6 Å². The van der Waals surface area contributed by atoms with E-state index in [0.717, 1.165) is 26.4 Å². The number of carbonyl (C=O) groups is 1. The molecule has 1 N–H and O–H groups in total. The highest BCUT2D eigenvalue weighted by Crippen LogP contribution is 2.34. The maximum atomic E-state index is 12.4. The van der Waals surface area contributed by atoms with Crippen LogP contribution in [0.1, 0.15) is 15.2 Å². The van der Waals surface area contributed by atoms with Gasteiger partial charge in [0, 0.05) is 15.6 Å². The van der Waals surface area contributed by atoms with E-state index < -0.39 is 0 Å². The van der Waals surface area contributed by atoms with Crippen LogP contribution in [0.15, 0.2) is 71.8 Å².